The lowest BCUT2D eigenvalue weighted by Crippen LogP contribution is -2.33. The summed E-state index contributed by atoms with van der Waals surface area (Å²) in [5, 5.41) is 12.4. The second kappa shape index (κ2) is 9.39. The molecule has 37 heavy (non-hydrogen) atoms. The monoisotopic (exact) mass is 492 g/mol. The van der Waals surface area contributed by atoms with Crippen molar-refractivity contribution in [3.63, 3.8) is 0 Å². The lowest BCUT2D eigenvalue weighted by Gasteiger charge is -2.18. The van der Waals surface area contributed by atoms with Gasteiger partial charge in [0.1, 0.15) is 0 Å². The van der Waals surface area contributed by atoms with Crippen molar-refractivity contribution >= 4 is 33.4 Å². The van der Waals surface area contributed by atoms with Gasteiger partial charge in [-0.2, -0.15) is 5.10 Å². The van der Waals surface area contributed by atoms with E-state index in [4.69, 9.17) is 4.42 Å². The number of hydrogen-bond acceptors (Lipinski definition) is 5. The van der Waals surface area contributed by atoms with Gasteiger partial charge in [0, 0.05) is 50.9 Å². The second-order valence-electron chi connectivity index (χ2n) is 9.90. The van der Waals surface area contributed by atoms with Gasteiger partial charge in [0.2, 0.25) is 5.91 Å². The summed E-state index contributed by atoms with van der Waals surface area (Å²) in [4.78, 5) is 25.0. The summed E-state index contributed by atoms with van der Waals surface area (Å²) in [5.74, 6) is -0.0482. The standard InChI is InChI=1S/C29H28N6O2/c1-6-7-18(12-17(2)32-28(36)29(3,4)5)20-13-22-26(34-35-27(22)31-15-20)24-14-21-23(33-24)8-10-30-25(21)19-9-11-37-16-19/h6-16,33H,1H2,2-5H3,(H,32,36)(H,31,34,35)/b17-12+,18-7+. The largest absolute Gasteiger partial charge is 0.472 e. The fourth-order valence-electron chi connectivity index (χ4n) is 4.07. The number of aromatic nitrogens is 5. The van der Waals surface area contributed by atoms with E-state index in [1.807, 2.05) is 58.0 Å². The zero-order valence-electron chi connectivity index (χ0n) is 21.2. The molecule has 0 aliphatic heterocycles. The van der Waals surface area contributed by atoms with E-state index in [2.05, 4.69) is 43.1 Å². The Balaban J connectivity index is 1.55. The number of aromatic amines is 2. The SMILES string of the molecule is C=C/C=C(\C=C(/C)NC(=O)C(C)(C)C)c1cnc2n[nH]c(-c3cc4c(-c5ccoc5)nccc4[nH]3)c2c1. The number of fused-ring (bicyclic) bond motifs is 2. The van der Waals surface area contributed by atoms with Crippen LogP contribution in [0.1, 0.15) is 33.3 Å². The number of rotatable bonds is 6. The smallest absolute Gasteiger partial charge is 0.229 e. The van der Waals surface area contributed by atoms with E-state index in [0.717, 1.165) is 55.8 Å². The average molecular weight is 493 g/mol. The van der Waals surface area contributed by atoms with Gasteiger partial charge in [0.05, 0.1) is 29.6 Å². The summed E-state index contributed by atoms with van der Waals surface area (Å²) in [6.07, 6.45) is 12.4. The molecule has 0 aromatic carbocycles. The summed E-state index contributed by atoms with van der Waals surface area (Å²) in [7, 11) is 0. The molecule has 3 N–H and O–H groups in total. The maximum atomic E-state index is 12.4. The first-order chi connectivity index (χ1) is 17.7. The van der Waals surface area contributed by atoms with Crippen LogP contribution in [-0.4, -0.2) is 31.1 Å². The predicted molar refractivity (Wildman–Crippen MR) is 146 cm³/mol. The lowest BCUT2D eigenvalue weighted by molar-refractivity contribution is -0.127. The number of nitrogens with zero attached hydrogens (tertiary/aromatic N) is 3. The number of carbonyl (C=O) groups excluding carboxylic acids is 1. The highest BCUT2D eigenvalue weighted by Gasteiger charge is 2.21. The molecule has 5 aromatic heterocycles. The minimum atomic E-state index is -0.490. The number of hydrogen-bond donors (Lipinski definition) is 3. The maximum Gasteiger partial charge on any atom is 0.229 e. The molecule has 5 rings (SSSR count). The van der Waals surface area contributed by atoms with Gasteiger partial charge < -0.3 is 14.7 Å². The Morgan fingerprint density at radius 2 is 2.00 bits per heavy atom. The van der Waals surface area contributed by atoms with Gasteiger partial charge in [-0.1, -0.05) is 39.5 Å². The Labute approximate surface area is 214 Å². The highest BCUT2D eigenvalue weighted by Crippen LogP contribution is 2.33. The molecule has 0 unspecified atom stereocenters. The zero-order chi connectivity index (χ0) is 26.2. The lowest BCUT2D eigenvalue weighted by atomic mass is 9.95. The average Bonchev–Trinajstić information content (AvgIpc) is 3.61. The van der Waals surface area contributed by atoms with Gasteiger partial charge in [-0.05, 0) is 42.8 Å². The molecule has 0 fully saturated rings. The molecule has 0 spiro atoms. The Morgan fingerprint density at radius 3 is 2.73 bits per heavy atom. The molecule has 0 radical (unpaired) electrons. The van der Waals surface area contributed by atoms with Crippen LogP contribution in [0.5, 0.6) is 0 Å². The van der Waals surface area contributed by atoms with Crippen LogP contribution in [0.4, 0.5) is 0 Å². The van der Waals surface area contributed by atoms with Crippen molar-refractivity contribution < 1.29 is 9.21 Å². The number of pyridine rings is 2. The summed E-state index contributed by atoms with van der Waals surface area (Å²) in [6.45, 7) is 11.4. The number of allylic oxidation sites excluding steroid dienone is 5. The van der Waals surface area contributed by atoms with E-state index < -0.39 is 5.41 Å². The molecule has 1 amide bonds. The Hall–Kier alpha value is -4.72. The van der Waals surface area contributed by atoms with Gasteiger partial charge in [-0.15, -0.1) is 0 Å². The van der Waals surface area contributed by atoms with Crippen molar-refractivity contribution in [2.45, 2.75) is 27.7 Å². The first-order valence-electron chi connectivity index (χ1n) is 11.9. The van der Waals surface area contributed by atoms with Crippen LogP contribution in [0.3, 0.4) is 0 Å². The Kier molecular flexibility index (Phi) is 6.09. The van der Waals surface area contributed by atoms with Gasteiger partial charge in [0.15, 0.2) is 5.65 Å². The molecular formula is C29H28N6O2. The quantitative estimate of drug-likeness (QED) is 0.238. The van der Waals surface area contributed by atoms with E-state index >= 15 is 0 Å². The molecule has 0 bridgehead atoms. The van der Waals surface area contributed by atoms with Crippen LogP contribution >= 0.6 is 0 Å². The number of furan rings is 1. The van der Waals surface area contributed by atoms with Crippen LogP contribution in [-0.2, 0) is 4.79 Å². The Bertz CT molecular complexity index is 1680. The fraction of sp³-hybridized carbons (Fsp3) is 0.172. The van der Waals surface area contributed by atoms with Crippen molar-refractivity contribution in [1.82, 2.24) is 30.5 Å². The summed E-state index contributed by atoms with van der Waals surface area (Å²) in [5.41, 5.74) is 6.97. The number of carbonyl (C=O) groups is 1. The molecule has 0 saturated heterocycles. The molecule has 5 heterocycles. The van der Waals surface area contributed by atoms with E-state index in [1.54, 1.807) is 31.0 Å². The number of nitrogens with one attached hydrogen (secondary N) is 3. The first kappa shape index (κ1) is 24.0. The number of amides is 1. The third-order valence-electron chi connectivity index (χ3n) is 6.02. The van der Waals surface area contributed by atoms with Gasteiger partial charge in [0.25, 0.3) is 0 Å². The highest BCUT2D eigenvalue weighted by atomic mass is 16.3. The molecule has 0 atom stereocenters. The molecule has 0 aliphatic rings. The van der Waals surface area contributed by atoms with Crippen LogP contribution in [0.15, 0.2) is 84.1 Å². The summed E-state index contributed by atoms with van der Waals surface area (Å²) >= 11 is 0. The third-order valence-corrected chi connectivity index (χ3v) is 6.02. The summed E-state index contributed by atoms with van der Waals surface area (Å²) in [6, 6.07) is 7.92. The fourth-order valence-corrected chi connectivity index (χ4v) is 4.07. The van der Waals surface area contributed by atoms with E-state index in [0.29, 0.717) is 5.65 Å². The summed E-state index contributed by atoms with van der Waals surface area (Å²) < 4.78 is 5.26. The minimum absolute atomic E-state index is 0.0482. The van der Waals surface area contributed by atoms with Gasteiger partial charge >= 0.3 is 0 Å². The molecule has 0 aliphatic carbocycles. The van der Waals surface area contributed by atoms with Crippen LogP contribution < -0.4 is 5.32 Å². The maximum absolute atomic E-state index is 12.4. The molecular weight excluding hydrogens is 464 g/mol. The topological polar surface area (TPSA) is 112 Å². The van der Waals surface area contributed by atoms with E-state index in [9.17, 15) is 4.79 Å². The van der Waals surface area contributed by atoms with Crippen molar-refractivity contribution in [3.05, 3.63) is 85.3 Å². The van der Waals surface area contributed by atoms with Gasteiger partial charge in [-0.3, -0.25) is 14.9 Å². The predicted octanol–water partition coefficient (Wildman–Crippen LogP) is 6.40. The van der Waals surface area contributed by atoms with E-state index in [-0.39, 0.29) is 5.91 Å². The highest BCUT2D eigenvalue weighted by molar-refractivity contribution is 6.00. The van der Waals surface area contributed by atoms with Gasteiger partial charge in [-0.25, -0.2) is 4.98 Å². The van der Waals surface area contributed by atoms with Crippen molar-refractivity contribution in [1.29, 1.82) is 0 Å². The third kappa shape index (κ3) is 4.73. The minimum Gasteiger partial charge on any atom is -0.472 e. The molecule has 0 saturated carbocycles. The zero-order valence-corrected chi connectivity index (χ0v) is 21.2. The normalized spacial score (nSPS) is 12.9. The number of H-pyrrole nitrogens is 2. The van der Waals surface area contributed by atoms with E-state index in [1.165, 1.54) is 0 Å². The molecule has 8 nitrogen and oxygen atoms in total. The Morgan fingerprint density at radius 1 is 1.16 bits per heavy atom. The van der Waals surface area contributed by atoms with Crippen molar-refractivity contribution in [2.75, 3.05) is 0 Å². The van der Waals surface area contributed by atoms with Crippen LogP contribution in [0.25, 0.3) is 50.2 Å². The molecule has 5 aromatic rings. The molecule has 8 heteroatoms. The van der Waals surface area contributed by atoms with Crippen molar-refractivity contribution in [3.8, 4) is 22.6 Å². The molecule has 186 valence electrons. The van der Waals surface area contributed by atoms with Crippen LogP contribution in [0, 0.1) is 5.41 Å². The van der Waals surface area contributed by atoms with Crippen LogP contribution in [0.2, 0.25) is 0 Å². The second-order valence-corrected chi connectivity index (χ2v) is 9.90. The first-order valence-corrected chi connectivity index (χ1v) is 11.9. The van der Waals surface area contributed by atoms with Crippen molar-refractivity contribution in [2.24, 2.45) is 5.41 Å².